The van der Waals surface area contributed by atoms with Crippen molar-refractivity contribution in [1.82, 2.24) is 10.2 Å². The first-order valence-electron chi connectivity index (χ1n) is 10.2. The zero-order valence-corrected chi connectivity index (χ0v) is 16.9. The lowest BCUT2D eigenvalue weighted by atomic mass is 9.95. The van der Waals surface area contributed by atoms with Crippen LogP contribution in [-0.2, 0) is 11.2 Å². The lowest BCUT2D eigenvalue weighted by molar-refractivity contribution is -0.124. The third-order valence-corrected chi connectivity index (χ3v) is 5.47. The van der Waals surface area contributed by atoms with E-state index in [9.17, 15) is 18.4 Å². The summed E-state index contributed by atoms with van der Waals surface area (Å²) < 4.78 is 27.5. The standard InChI is InChI=1S/C25H22F2N2O2/c26-21-5-3-4-19(15-21)25(31)29-13-12-28-24(30)20(16-29)14-17-8-10-18(11-9-17)22-6-1-2-7-23(22)27/h1-11,15,20H,12-14,16H2,(H,28,30). The number of amides is 2. The van der Waals surface area contributed by atoms with Crippen molar-refractivity contribution in [1.29, 1.82) is 0 Å². The number of benzene rings is 3. The molecule has 31 heavy (non-hydrogen) atoms. The molecule has 0 saturated carbocycles. The number of hydrogen-bond acceptors (Lipinski definition) is 2. The first kappa shape index (κ1) is 20.7. The molecular formula is C25H22F2N2O2. The molecule has 0 aliphatic carbocycles. The van der Waals surface area contributed by atoms with Crippen molar-refractivity contribution >= 4 is 11.8 Å². The predicted molar refractivity (Wildman–Crippen MR) is 114 cm³/mol. The van der Waals surface area contributed by atoms with E-state index in [-0.39, 0.29) is 29.7 Å². The highest BCUT2D eigenvalue weighted by atomic mass is 19.1. The second-order valence-corrected chi connectivity index (χ2v) is 7.63. The van der Waals surface area contributed by atoms with E-state index in [4.69, 9.17) is 0 Å². The Morgan fingerprint density at radius 2 is 1.77 bits per heavy atom. The highest BCUT2D eigenvalue weighted by molar-refractivity contribution is 5.95. The Kier molecular flexibility index (Phi) is 6.07. The van der Waals surface area contributed by atoms with Crippen LogP contribution in [0.2, 0.25) is 0 Å². The van der Waals surface area contributed by atoms with E-state index in [0.717, 1.165) is 11.1 Å². The van der Waals surface area contributed by atoms with Crippen LogP contribution in [0.5, 0.6) is 0 Å². The molecule has 3 aromatic rings. The summed E-state index contributed by atoms with van der Waals surface area (Å²) in [4.78, 5) is 27.0. The highest BCUT2D eigenvalue weighted by Crippen LogP contribution is 2.24. The summed E-state index contributed by atoms with van der Waals surface area (Å²) in [7, 11) is 0. The van der Waals surface area contributed by atoms with Crippen LogP contribution in [0.3, 0.4) is 0 Å². The van der Waals surface area contributed by atoms with Gasteiger partial charge in [-0.1, -0.05) is 48.5 Å². The van der Waals surface area contributed by atoms with Crippen molar-refractivity contribution in [3.63, 3.8) is 0 Å². The van der Waals surface area contributed by atoms with Gasteiger partial charge in [-0.2, -0.15) is 0 Å². The lowest BCUT2D eigenvalue weighted by Gasteiger charge is -2.23. The molecule has 0 aromatic heterocycles. The number of halogens is 2. The normalized spacial score (nSPS) is 16.5. The third kappa shape index (κ3) is 4.79. The highest BCUT2D eigenvalue weighted by Gasteiger charge is 2.28. The van der Waals surface area contributed by atoms with Crippen molar-refractivity contribution in [3.8, 4) is 11.1 Å². The van der Waals surface area contributed by atoms with Gasteiger partial charge in [0, 0.05) is 30.8 Å². The largest absolute Gasteiger partial charge is 0.354 e. The molecule has 1 aliphatic rings. The van der Waals surface area contributed by atoms with Gasteiger partial charge in [-0.3, -0.25) is 9.59 Å². The van der Waals surface area contributed by atoms with Crippen molar-refractivity contribution in [2.24, 2.45) is 5.92 Å². The molecule has 1 unspecified atom stereocenters. The molecule has 1 aliphatic heterocycles. The molecule has 6 heteroatoms. The van der Waals surface area contributed by atoms with E-state index < -0.39 is 11.7 Å². The van der Waals surface area contributed by atoms with Crippen molar-refractivity contribution in [2.75, 3.05) is 19.6 Å². The Balaban J connectivity index is 1.49. The van der Waals surface area contributed by atoms with E-state index in [2.05, 4.69) is 5.32 Å². The van der Waals surface area contributed by atoms with Crippen LogP contribution in [-0.4, -0.2) is 36.3 Å². The van der Waals surface area contributed by atoms with Gasteiger partial charge < -0.3 is 10.2 Å². The van der Waals surface area contributed by atoms with Gasteiger partial charge >= 0.3 is 0 Å². The Hall–Kier alpha value is -3.54. The van der Waals surface area contributed by atoms with Crippen LogP contribution in [0, 0.1) is 17.6 Å². The molecule has 3 aromatic carbocycles. The average Bonchev–Trinajstić information content (AvgIpc) is 2.96. The van der Waals surface area contributed by atoms with Gasteiger partial charge in [0.2, 0.25) is 5.91 Å². The molecule has 1 N–H and O–H groups in total. The molecule has 1 saturated heterocycles. The average molecular weight is 420 g/mol. The van der Waals surface area contributed by atoms with Crippen molar-refractivity contribution in [2.45, 2.75) is 6.42 Å². The number of carbonyl (C=O) groups is 2. The zero-order valence-electron chi connectivity index (χ0n) is 16.9. The third-order valence-electron chi connectivity index (χ3n) is 5.47. The molecule has 4 rings (SSSR count). The maximum atomic E-state index is 14.0. The fraction of sp³-hybridized carbons (Fsp3) is 0.200. The summed E-state index contributed by atoms with van der Waals surface area (Å²) in [6.07, 6.45) is 0.441. The summed E-state index contributed by atoms with van der Waals surface area (Å²) in [5, 5.41) is 2.85. The minimum atomic E-state index is -0.471. The molecule has 1 heterocycles. The first-order chi connectivity index (χ1) is 15.0. The molecule has 1 atom stereocenters. The molecule has 158 valence electrons. The lowest BCUT2D eigenvalue weighted by Crippen LogP contribution is -2.37. The van der Waals surface area contributed by atoms with E-state index in [1.807, 2.05) is 24.3 Å². The number of rotatable bonds is 4. The fourth-order valence-corrected chi connectivity index (χ4v) is 3.84. The van der Waals surface area contributed by atoms with Crippen LogP contribution in [0.15, 0.2) is 72.8 Å². The van der Waals surface area contributed by atoms with Gasteiger partial charge in [-0.15, -0.1) is 0 Å². The predicted octanol–water partition coefficient (Wildman–Crippen LogP) is 4.06. The Morgan fingerprint density at radius 1 is 1.00 bits per heavy atom. The fourth-order valence-electron chi connectivity index (χ4n) is 3.84. The molecular weight excluding hydrogens is 398 g/mol. The van der Waals surface area contributed by atoms with Crippen LogP contribution in [0.25, 0.3) is 11.1 Å². The molecule has 0 spiro atoms. The second kappa shape index (κ2) is 9.08. The van der Waals surface area contributed by atoms with Crippen LogP contribution >= 0.6 is 0 Å². The maximum Gasteiger partial charge on any atom is 0.254 e. The van der Waals surface area contributed by atoms with Gasteiger partial charge in [-0.05, 0) is 41.8 Å². The van der Waals surface area contributed by atoms with Crippen LogP contribution in [0.1, 0.15) is 15.9 Å². The van der Waals surface area contributed by atoms with Gasteiger partial charge in [0.25, 0.3) is 5.91 Å². The minimum absolute atomic E-state index is 0.118. The maximum absolute atomic E-state index is 14.0. The Bertz CT molecular complexity index is 1100. The molecule has 0 bridgehead atoms. The monoisotopic (exact) mass is 420 g/mol. The SMILES string of the molecule is O=C1NCCN(C(=O)c2cccc(F)c2)CC1Cc1ccc(-c2ccccc2F)cc1. The van der Waals surface area contributed by atoms with Crippen molar-refractivity contribution < 1.29 is 18.4 Å². The molecule has 4 nitrogen and oxygen atoms in total. The summed E-state index contributed by atoms with van der Waals surface area (Å²) >= 11 is 0. The minimum Gasteiger partial charge on any atom is -0.354 e. The van der Waals surface area contributed by atoms with E-state index in [0.29, 0.717) is 25.1 Å². The molecule has 2 amide bonds. The number of carbonyl (C=O) groups excluding carboxylic acids is 2. The Labute approximate surface area is 179 Å². The van der Waals surface area contributed by atoms with Gasteiger partial charge in [0.15, 0.2) is 0 Å². The van der Waals surface area contributed by atoms with Gasteiger partial charge in [-0.25, -0.2) is 8.78 Å². The summed E-state index contributed by atoms with van der Waals surface area (Å²) in [5.74, 6) is -1.60. The van der Waals surface area contributed by atoms with Crippen LogP contribution in [0.4, 0.5) is 8.78 Å². The number of nitrogens with zero attached hydrogens (tertiary/aromatic N) is 1. The quantitative estimate of drug-likeness (QED) is 0.692. The van der Waals surface area contributed by atoms with E-state index in [1.165, 1.54) is 24.3 Å². The summed E-state index contributed by atoms with van der Waals surface area (Å²) in [6.45, 7) is 0.961. The second-order valence-electron chi connectivity index (χ2n) is 7.63. The summed E-state index contributed by atoms with van der Waals surface area (Å²) in [6, 6.07) is 19.5. The topological polar surface area (TPSA) is 49.4 Å². The molecule has 1 fully saturated rings. The van der Waals surface area contributed by atoms with Gasteiger partial charge in [0.05, 0.1) is 5.92 Å². The number of nitrogens with one attached hydrogen (secondary N) is 1. The van der Waals surface area contributed by atoms with Crippen molar-refractivity contribution in [3.05, 3.63) is 95.6 Å². The Morgan fingerprint density at radius 3 is 2.52 bits per heavy atom. The number of hydrogen-bond donors (Lipinski definition) is 1. The zero-order chi connectivity index (χ0) is 21.8. The summed E-state index contributed by atoms with van der Waals surface area (Å²) in [5.41, 5.74) is 2.46. The first-order valence-corrected chi connectivity index (χ1v) is 10.2. The van der Waals surface area contributed by atoms with Crippen LogP contribution < -0.4 is 5.32 Å². The smallest absolute Gasteiger partial charge is 0.254 e. The van der Waals surface area contributed by atoms with E-state index >= 15 is 0 Å². The van der Waals surface area contributed by atoms with E-state index in [1.54, 1.807) is 29.2 Å². The van der Waals surface area contributed by atoms with Gasteiger partial charge in [0.1, 0.15) is 11.6 Å². The molecule has 0 radical (unpaired) electrons.